The number of rotatable bonds is 10. The predicted octanol–water partition coefficient (Wildman–Crippen LogP) is 5.57. The van der Waals surface area contributed by atoms with Crippen LogP contribution >= 0.6 is 11.3 Å². The second-order valence-electron chi connectivity index (χ2n) is 8.99. The van der Waals surface area contributed by atoms with E-state index in [2.05, 4.69) is 22.2 Å². The summed E-state index contributed by atoms with van der Waals surface area (Å²) in [4.78, 5) is 18.7. The molecule has 11 heteroatoms. The molecule has 1 aliphatic rings. The molecule has 202 valence electrons. The number of likely N-dealkylation sites (tertiary alicyclic amines) is 1. The summed E-state index contributed by atoms with van der Waals surface area (Å²) in [6.45, 7) is 5.12. The molecule has 3 N–H and O–H groups in total. The van der Waals surface area contributed by atoms with Crippen molar-refractivity contribution in [3.8, 4) is 0 Å². The van der Waals surface area contributed by atoms with E-state index in [-0.39, 0.29) is 25.2 Å². The molecule has 2 heterocycles. The maximum absolute atomic E-state index is 12.9. The molecule has 2 atom stereocenters. The van der Waals surface area contributed by atoms with Gasteiger partial charge in [-0.1, -0.05) is 42.2 Å². The Balaban J connectivity index is 1.26. The average molecular weight is 547 g/mol. The molecule has 38 heavy (non-hydrogen) atoms. The molecule has 1 unspecified atom stereocenters. The van der Waals surface area contributed by atoms with Crippen molar-refractivity contribution in [2.75, 3.05) is 23.7 Å². The van der Waals surface area contributed by atoms with Crippen molar-refractivity contribution in [1.29, 1.82) is 0 Å². The van der Waals surface area contributed by atoms with Gasteiger partial charge in [0.1, 0.15) is 6.23 Å². The molecule has 0 radical (unpaired) electrons. The maximum atomic E-state index is 12.9. The van der Waals surface area contributed by atoms with Crippen LogP contribution in [0.15, 0.2) is 67.4 Å². The lowest BCUT2D eigenvalue weighted by atomic mass is 10.0. The van der Waals surface area contributed by atoms with Crippen LogP contribution in [0.2, 0.25) is 0 Å². The Hall–Kier alpha value is -3.25. The smallest absolute Gasteiger partial charge is 0.374 e. The second-order valence-corrected chi connectivity index (χ2v) is 10.1. The van der Waals surface area contributed by atoms with Crippen LogP contribution in [0.5, 0.6) is 0 Å². The predicted molar refractivity (Wildman–Crippen MR) is 140 cm³/mol. The Kier molecular flexibility index (Phi) is 9.16. The highest BCUT2D eigenvalue weighted by molar-refractivity contribution is 7.15. The Labute approximate surface area is 223 Å². The molecule has 3 aromatic rings. The molecule has 7 nitrogen and oxygen atoms in total. The van der Waals surface area contributed by atoms with Crippen LogP contribution in [0, 0.1) is 0 Å². The van der Waals surface area contributed by atoms with E-state index in [1.54, 1.807) is 36.5 Å². The number of carbonyl (C=O) groups is 1. The van der Waals surface area contributed by atoms with Crippen LogP contribution in [0.1, 0.15) is 40.6 Å². The topological polar surface area (TPSA) is 86.7 Å². The SMILES string of the molecule is C=CC(=O)Nc1ccc(C(O)N2CCC[C@@H](Nc3ncc(COCc4cccc(C(F)(F)F)c4)s3)C2)cc1. The molecule has 4 rings (SSSR count). The number of thiazole rings is 1. The van der Waals surface area contributed by atoms with E-state index in [0.717, 1.165) is 47.1 Å². The quantitative estimate of drug-likeness (QED) is 0.288. The first-order valence-electron chi connectivity index (χ1n) is 12.1. The number of amides is 1. The molecule has 0 spiro atoms. The monoisotopic (exact) mass is 546 g/mol. The van der Waals surface area contributed by atoms with E-state index in [1.807, 2.05) is 4.90 Å². The summed E-state index contributed by atoms with van der Waals surface area (Å²) in [6, 6.07) is 12.3. The molecule has 1 aromatic heterocycles. The zero-order chi connectivity index (χ0) is 27.1. The lowest BCUT2D eigenvalue weighted by Crippen LogP contribution is -2.43. The van der Waals surface area contributed by atoms with E-state index in [4.69, 9.17) is 4.74 Å². The first kappa shape index (κ1) is 27.8. The van der Waals surface area contributed by atoms with E-state index < -0.39 is 18.0 Å². The molecule has 0 bridgehead atoms. The van der Waals surface area contributed by atoms with Gasteiger partial charge in [0.2, 0.25) is 5.91 Å². The summed E-state index contributed by atoms with van der Waals surface area (Å²) in [6.07, 6.45) is -0.435. The molecule has 1 fully saturated rings. The van der Waals surface area contributed by atoms with Crippen molar-refractivity contribution in [2.24, 2.45) is 0 Å². The minimum Gasteiger partial charge on any atom is -0.374 e. The van der Waals surface area contributed by atoms with Gasteiger partial charge in [0.15, 0.2) is 5.13 Å². The van der Waals surface area contributed by atoms with Crippen LogP contribution in [0.4, 0.5) is 24.0 Å². The molecule has 1 amide bonds. The summed E-state index contributed by atoms with van der Waals surface area (Å²) in [5.41, 5.74) is 1.13. The molecular formula is C27H29F3N4O3S. The number of hydrogen-bond donors (Lipinski definition) is 3. The first-order valence-corrected chi connectivity index (χ1v) is 12.9. The fourth-order valence-electron chi connectivity index (χ4n) is 4.21. The first-order chi connectivity index (χ1) is 18.2. The van der Waals surface area contributed by atoms with Crippen molar-refractivity contribution in [2.45, 2.75) is 44.5 Å². The third-order valence-electron chi connectivity index (χ3n) is 6.11. The van der Waals surface area contributed by atoms with Gasteiger partial charge in [-0.05, 0) is 54.3 Å². The number of aliphatic hydroxyl groups is 1. The Morgan fingerprint density at radius 1 is 1.26 bits per heavy atom. The van der Waals surface area contributed by atoms with Gasteiger partial charge >= 0.3 is 6.18 Å². The van der Waals surface area contributed by atoms with Crippen LogP contribution < -0.4 is 10.6 Å². The number of aromatic nitrogens is 1. The van der Waals surface area contributed by atoms with Crippen molar-refractivity contribution in [3.63, 3.8) is 0 Å². The van der Waals surface area contributed by atoms with Crippen LogP contribution in [0.25, 0.3) is 0 Å². The zero-order valence-electron chi connectivity index (χ0n) is 20.6. The highest BCUT2D eigenvalue weighted by atomic mass is 32.1. The zero-order valence-corrected chi connectivity index (χ0v) is 21.4. The van der Waals surface area contributed by atoms with Crippen molar-refractivity contribution in [1.82, 2.24) is 9.88 Å². The number of carbonyl (C=O) groups excluding carboxylic acids is 1. The van der Waals surface area contributed by atoms with E-state index >= 15 is 0 Å². The lowest BCUT2D eigenvalue weighted by molar-refractivity contribution is -0.137. The van der Waals surface area contributed by atoms with Gasteiger partial charge in [-0.15, -0.1) is 0 Å². The van der Waals surface area contributed by atoms with E-state index in [1.165, 1.54) is 23.5 Å². The van der Waals surface area contributed by atoms with E-state index in [0.29, 0.717) is 17.8 Å². The Morgan fingerprint density at radius 3 is 2.79 bits per heavy atom. The molecule has 2 aromatic carbocycles. The summed E-state index contributed by atoms with van der Waals surface area (Å²) < 4.78 is 44.3. The van der Waals surface area contributed by atoms with Gasteiger partial charge in [-0.3, -0.25) is 9.69 Å². The van der Waals surface area contributed by atoms with Gasteiger partial charge in [0, 0.05) is 31.0 Å². The number of alkyl halides is 3. The maximum Gasteiger partial charge on any atom is 0.416 e. The van der Waals surface area contributed by atoms with Gasteiger partial charge in [0.05, 0.1) is 23.7 Å². The Bertz CT molecular complexity index is 1230. The number of anilines is 2. The summed E-state index contributed by atoms with van der Waals surface area (Å²) in [5.74, 6) is -0.295. The standard InChI is InChI=1S/C27H29F3N4O3S/c1-2-24(35)32-21-10-8-19(9-11-21)25(36)34-12-4-7-22(15-34)33-26-31-14-23(38-26)17-37-16-18-5-3-6-20(13-18)27(28,29)30/h2-3,5-6,8-11,13-14,22,25,36H,1,4,7,12,15-17H2,(H,31,33)(H,32,35)/t22-,25?/m1/s1. The number of benzene rings is 2. The van der Waals surface area contributed by atoms with Crippen LogP contribution in [-0.2, 0) is 28.9 Å². The van der Waals surface area contributed by atoms with Crippen molar-refractivity contribution < 1.29 is 27.8 Å². The number of piperidine rings is 1. The molecular weight excluding hydrogens is 517 g/mol. The van der Waals surface area contributed by atoms with Gasteiger partial charge in [-0.2, -0.15) is 13.2 Å². The third-order valence-corrected chi connectivity index (χ3v) is 7.01. The van der Waals surface area contributed by atoms with Crippen molar-refractivity contribution >= 4 is 28.1 Å². The number of aliphatic hydroxyl groups excluding tert-OH is 1. The van der Waals surface area contributed by atoms with E-state index in [9.17, 15) is 23.1 Å². The second kappa shape index (κ2) is 12.5. The highest BCUT2D eigenvalue weighted by Crippen LogP contribution is 2.30. The largest absolute Gasteiger partial charge is 0.416 e. The van der Waals surface area contributed by atoms with Crippen LogP contribution in [-0.4, -0.2) is 40.0 Å². The number of nitrogens with zero attached hydrogens (tertiary/aromatic N) is 2. The molecule has 0 aliphatic carbocycles. The molecule has 0 saturated carbocycles. The highest BCUT2D eigenvalue weighted by Gasteiger charge is 2.30. The van der Waals surface area contributed by atoms with Crippen LogP contribution in [0.3, 0.4) is 0 Å². The fraction of sp³-hybridized carbons (Fsp3) is 0.333. The fourth-order valence-corrected chi connectivity index (χ4v) is 5.04. The van der Waals surface area contributed by atoms with Gasteiger partial charge in [-0.25, -0.2) is 4.98 Å². The van der Waals surface area contributed by atoms with Gasteiger partial charge in [0.25, 0.3) is 0 Å². The van der Waals surface area contributed by atoms with Gasteiger partial charge < -0.3 is 20.5 Å². The normalized spacial score (nSPS) is 17.1. The third kappa shape index (κ3) is 7.64. The minimum atomic E-state index is -4.38. The van der Waals surface area contributed by atoms with Crippen molar-refractivity contribution in [3.05, 3.63) is 89.0 Å². The Morgan fingerprint density at radius 2 is 2.05 bits per heavy atom. The number of halogens is 3. The summed E-state index contributed by atoms with van der Waals surface area (Å²) in [7, 11) is 0. The summed E-state index contributed by atoms with van der Waals surface area (Å²) in [5, 5.41) is 17.7. The minimum absolute atomic E-state index is 0.0711. The molecule has 1 saturated heterocycles. The molecule has 1 aliphatic heterocycles. The average Bonchev–Trinajstić information content (AvgIpc) is 3.35. The number of nitrogens with one attached hydrogen (secondary N) is 2. The number of ether oxygens (including phenoxy) is 1. The summed E-state index contributed by atoms with van der Waals surface area (Å²) >= 11 is 1.43. The number of hydrogen-bond acceptors (Lipinski definition) is 7. The lowest BCUT2D eigenvalue weighted by Gasteiger charge is -2.36.